The van der Waals surface area contributed by atoms with Crippen LogP contribution in [0.5, 0.6) is 0 Å². The van der Waals surface area contributed by atoms with E-state index in [9.17, 15) is 18.4 Å². The molecule has 1 saturated heterocycles. The van der Waals surface area contributed by atoms with Gasteiger partial charge < -0.3 is 10.2 Å². The highest BCUT2D eigenvalue weighted by Crippen LogP contribution is 2.43. The van der Waals surface area contributed by atoms with Gasteiger partial charge in [-0.15, -0.1) is 0 Å². The van der Waals surface area contributed by atoms with E-state index in [4.69, 9.17) is 23.2 Å². The molecule has 0 aliphatic carbocycles. The molecule has 11 heteroatoms. The van der Waals surface area contributed by atoms with Crippen LogP contribution in [0.25, 0.3) is 10.9 Å². The van der Waals surface area contributed by atoms with Crippen molar-refractivity contribution in [1.29, 1.82) is 0 Å². The molecular formula is C23H19Cl2F3N4O2. The molecule has 6 nitrogen and oxygen atoms in total. The molecule has 1 aliphatic heterocycles. The first-order chi connectivity index (χ1) is 16.1. The van der Waals surface area contributed by atoms with E-state index < -0.39 is 34.5 Å². The summed E-state index contributed by atoms with van der Waals surface area (Å²) in [4.78, 5) is 30.2. The van der Waals surface area contributed by atoms with Gasteiger partial charge in [-0.1, -0.05) is 29.8 Å². The lowest BCUT2D eigenvalue weighted by molar-refractivity contribution is -0.127. The van der Waals surface area contributed by atoms with Crippen LogP contribution < -0.4 is 10.9 Å². The van der Waals surface area contributed by atoms with Gasteiger partial charge in [0.05, 0.1) is 27.3 Å². The molecule has 0 radical (unpaired) electrons. The van der Waals surface area contributed by atoms with Crippen LogP contribution in [0.4, 0.5) is 18.9 Å². The molecule has 0 saturated carbocycles. The number of aromatic nitrogens is 2. The van der Waals surface area contributed by atoms with E-state index in [2.05, 4.69) is 16.9 Å². The quantitative estimate of drug-likeness (QED) is 0.386. The van der Waals surface area contributed by atoms with Crippen molar-refractivity contribution in [3.63, 3.8) is 0 Å². The van der Waals surface area contributed by atoms with Crippen LogP contribution in [0.2, 0.25) is 10.0 Å². The van der Waals surface area contributed by atoms with E-state index in [1.165, 1.54) is 23.0 Å². The van der Waals surface area contributed by atoms with Gasteiger partial charge >= 0.3 is 0 Å². The normalized spacial score (nSPS) is 17.9. The van der Waals surface area contributed by atoms with Crippen LogP contribution in [0.15, 0.2) is 47.8 Å². The van der Waals surface area contributed by atoms with Gasteiger partial charge in [-0.25, -0.2) is 18.2 Å². The predicted octanol–water partition coefficient (Wildman–Crippen LogP) is 5.02. The van der Waals surface area contributed by atoms with Crippen molar-refractivity contribution in [3.05, 3.63) is 80.6 Å². The molecule has 2 aromatic carbocycles. The number of nitrogens with one attached hydrogen (secondary N) is 1. The number of fused-ring (bicyclic) bond motifs is 1. The number of anilines is 1. The summed E-state index contributed by atoms with van der Waals surface area (Å²) >= 11 is 12.5. The zero-order chi connectivity index (χ0) is 24.8. The fourth-order valence-corrected chi connectivity index (χ4v) is 4.78. The molecule has 4 rings (SSSR count). The average Bonchev–Trinajstić information content (AvgIpc) is 3.21. The molecule has 3 aromatic rings. The van der Waals surface area contributed by atoms with Gasteiger partial charge in [0.25, 0.3) is 11.5 Å². The van der Waals surface area contributed by atoms with E-state index in [0.29, 0.717) is 6.54 Å². The fraction of sp³-hybridized carbons (Fsp3) is 0.261. The Labute approximate surface area is 202 Å². The van der Waals surface area contributed by atoms with Gasteiger partial charge in [-0.2, -0.15) is 0 Å². The number of hydrogen-bond donors (Lipinski definition) is 1. The average molecular weight is 511 g/mol. The minimum absolute atomic E-state index is 0.0164. The number of carbonyl (C=O) groups is 1. The van der Waals surface area contributed by atoms with Crippen molar-refractivity contribution in [2.75, 3.05) is 18.4 Å². The Balaban J connectivity index is 1.88. The van der Waals surface area contributed by atoms with Crippen LogP contribution in [0.1, 0.15) is 18.9 Å². The smallest absolute Gasteiger partial charge is 0.282 e. The van der Waals surface area contributed by atoms with Gasteiger partial charge in [0.1, 0.15) is 11.3 Å². The second-order valence-corrected chi connectivity index (χ2v) is 8.78. The van der Waals surface area contributed by atoms with Gasteiger partial charge in [0.15, 0.2) is 11.6 Å². The van der Waals surface area contributed by atoms with Gasteiger partial charge in [0.2, 0.25) is 0 Å². The maximum Gasteiger partial charge on any atom is 0.282 e. The summed E-state index contributed by atoms with van der Waals surface area (Å²) in [5.41, 5.74) is -1.89. The van der Waals surface area contributed by atoms with Gasteiger partial charge in [-0.05, 0) is 37.6 Å². The van der Waals surface area contributed by atoms with Crippen molar-refractivity contribution >= 4 is 45.7 Å². The minimum Gasteiger partial charge on any atom is -0.373 e. The molecule has 0 unspecified atom stereocenters. The third-order valence-corrected chi connectivity index (χ3v) is 6.72. The first-order valence-electron chi connectivity index (χ1n) is 10.3. The molecule has 0 spiro atoms. The summed E-state index contributed by atoms with van der Waals surface area (Å²) in [5, 5.41) is 3.04. The number of likely N-dealkylation sites (tertiary alicyclic amines) is 1. The Morgan fingerprint density at radius 1 is 1.26 bits per heavy atom. The number of benzene rings is 2. The Hall–Kier alpha value is -3.04. The number of amides is 1. The number of aryl methyl sites for hydroxylation is 1. The second kappa shape index (κ2) is 8.96. The first-order valence-corrected chi connectivity index (χ1v) is 11.1. The van der Waals surface area contributed by atoms with Crippen molar-refractivity contribution in [3.8, 4) is 0 Å². The molecule has 1 amide bonds. The Bertz CT molecular complexity index is 1390. The van der Waals surface area contributed by atoms with E-state index in [1.807, 2.05) is 0 Å². The fourth-order valence-electron chi connectivity index (χ4n) is 4.29. The summed E-state index contributed by atoms with van der Waals surface area (Å²) in [6, 6.07) is 4.92. The molecule has 34 heavy (non-hydrogen) atoms. The maximum absolute atomic E-state index is 15.1. The SMILES string of the molecule is C=C(F)C(=O)N1CC[C@@](Nc2cc(F)c3ncn(CC)c(=O)c3c2)(c2c(F)ccc(Cl)c2Cl)C1. The number of carbonyl (C=O) groups excluding carboxylic acids is 1. The highest BCUT2D eigenvalue weighted by Gasteiger charge is 2.45. The van der Waals surface area contributed by atoms with Gasteiger partial charge in [-0.3, -0.25) is 14.2 Å². The topological polar surface area (TPSA) is 67.2 Å². The van der Waals surface area contributed by atoms with Crippen LogP contribution >= 0.6 is 23.2 Å². The molecule has 2 heterocycles. The van der Waals surface area contributed by atoms with E-state index in [-0.39, 0.29) is 51.7 Å². The van der Waals surface area contributed by atoms with Crippen LogP contribution in [0, 0.1) is 11.6 Å². The predicted molar refractivity (Wildman–Crippen MR) is 125 cm³/mol. The van der Waals surface area contributed by atoms with Gasteiger partial charge in [0, 0.05) is 30.9 Å². The lowest BCUT2D eigenvalue weighted by Crippen LogP contribution is -2.41. The van der Waals surface area contributed by atoms with Crippen molar-refractivity contribution in [2.24, 2.45) is 0 Å². The summed E-state index contributed by atoms with van der Waals surface area (Å²) < 4.78 is 44.9. The molecule has 0 bridgehead atoms. The maximum atomic E-state index is 15.1. The molecule has 1 aromatic heterocycles. The van der Waals surface area contributed by atoms with Crippen LogP contribution in [0.3, 0.4) is 0 Å². The molecule has 1 aliphatic rings. The van der Waals surface area contributed by atoms with E-state index in [0.717, 1.165) is 17.0 Å². The second-order valence-electron chi connectivity index (χ2n) is 8.00. The van der Waals surface area contributed by atoms with E-state index in [1.54, 1.807) is 6.92 Å². The Morgan fingerprint density at radius 3 is 2.68 bits per heavy atom. The molecule has 1 fully saturated rings. The number of halogens is 5. The van der Waals surface area contributed by atoms with Crippen LogP contribution in [-0.2, 0) is 16.9 Å². The highest BCUT2D eigenvalue weighted by molar-refractivity contribution is 6.42. The molecule has 178 valence electrons. The summed E-state index contributed by atoms with van der Waals surface area (Å²) in [5.74, 6) is -3.61. The number of rotatable bonds is 5. The number of hydrogen-bond acceptors (Lipinski definition) is 4. The van der Waals surface area contributed by atoms with E-state index >= 15 is 4.39 Å². The highest BCUT2D eigenvalue weighted by atomic mass is 35.5. The largest absolute Gasteiger partial charge is 0.373 e. The Morgan fingerprint density at radius 2 is 2.00 bits per heavy atom. The summed E-state index contributed by atoms with van der Waals surface area (Å²) in [7, 11) is 0. The standard InChI is InChI=1S/C23H19Cl2F3N4O2/c1-3-31-11-29-20-14(22(31)34)8-13(9-17(20)28)30-23(6-7-32(10-23)21(33)12(2)26)18-16(27)5-4-15(24)19(18)25/h4-5,8-9,11,30H,2-3,6-7,10H2,1H3/t23-/m0/s1. The first kappa shape index (κ1) is 24.1. The van der Waals surface area contributed by atoms with Crippen molar-refractivity contribution in [2.45, 2.75) is 25.4 Å². The number of nitrogens with zero attached hydrogens (tertiary/aromatic N) is 3. The third kappa shape index (κ3) is 4.03. The molecular weight excluding hydrogens is 492 g/mol. The minimum atomic E-state index is -1.40. The Kier molecular flexibility index (Phi) is 6.35. The zero-order valence-electron chi connectivity index (χ0n) is 18.0. The summed E-state index contributed by atoms with van der Waals surface area (Å²) in [6.07, 6.45) is 1.35. The zero-order valence-corrected chi connectivity index (χ0v) is 19.5. The molecule has 1 atom stereocenters. The lowest BCUT2D eigenvalue weighted by atomic mass is 9.87. The lowest BCUT2D eigenvalue weighted by Gasteiger charge is -2.33. The monoisotopic (exact) mass is 510 g/mol. The van der Waals surface area contributed by atoms with Crippen LogP contribution in [-0.4, -0.2) is 33.4 Å². The van der Waals surface area contributed by atoms with Crippen molar-refractivity contribution < 1.29 is 18.0 Å². The summed E-state index contributed by atoms with van der Waals surface area (Å²) in [6.45, 7) is 4.94. The third-order valence-electron chi connectivity index (χ3n) is 5.92. The van der Waals surface area contributed by atoms with Crippen molar-refractivity contribution in [1.82, 2.24) is 14.5 Å². The molecule has 1 N–H and O–H groups in total.